The molecule has 4 aromatic carbocycles. The van der Waals surface area contributed by atoms with E-state index in [0.29, 0.717) is 17.3 Å². The number of carbonyl (C=O) groups excluding carboxylic acids is 3. The number of likely N-dealkylation sites (tertiary alicyclic amines) is 1. The number of amides is 3. The molecule has 7 rings (SSSR count). The molecule has 13 nitrogen and oxygen atoms in total. The number of rotatable bonds is 12. The number of aliphatic hydroxyl groups excluding tert-OH is 1. The van der Waals surface area contributed by atoms with Gasteiger partial charge in [0.2, 0.25) is 11.1 Å². The zero-order chi connectivity index (χ0) is 36.7. The monoisotopic (exact) mass is 734 g/mol. The molecular weight excluding hydrogens is 697 g/mol. The van der Waals surface area contributed by atoms with Crippen molar-refractivity contribution >= 4 is 29.7 Å². The van der Waals surface area contributed by atoms with Gasteiger partial charge in [0.1, 0.15) is 12.6 Å². The molecular formula is C39H38N6O7S. The first kappa shape index (κ1) is 36.0. The molecule has 4 atom stereocenters. The largest absolute Gasteiger partial charge is 0.445 e. The van der Waals surface area contributed by atoms with Crippen molar-refractivity contribution in [3.8, 4) is 11.1 Å². The van der Waals surface area contributed by atoms with Gasteiger partial charge in [-0.3, -0.25) is 14.5 Å². The minimum absolute atomic E-state index is 0.0296. The van der Waals surface area contributed by atoms with Crippen molar-refractivity contribution in [2.24, 2.45) is 7.05 Å². The Labute approximate surface area is 310 Å². The lowest BCUT2D eigenvalue weighted by Crippen LogP contribution is -2.41. The van der Waals surface area contributed by atoms with Crippen molar-refractivity contribution in [1.29, 1.82) is 0 Å². The van der Waals surface area contributed by atoms with Crippen LogP contribution in [0.15, 0.2) is 108 Å². The normalized spacial score (nSPS) is 20.1. The number of nitrogens with zero attached hydrogens (tertiary/aromatic N) is 5. The minimum atomic E-state index is -0.979. The molecule has 2 saturated heterocycles. The molecule has 0 radical (unpaired) electrons. The van der Waals surface area contributed by atoms with Gasteiger partial charge in [0.05, 0.1) is 31.8 Å². The van der Waals surface area contributed by atoms with Crippen molar-refractivity contribution in [2.45, 2.75) is 62.3 Å². The van der Waals surface area contributed by atoms with Crippen LogP contribution < -0.4 is 5.32 Å². The summed E-state index contributed by atoms with van der Waals surface area (Å²) in [6.07, 6.45) is -1.25. The first-order valence-corrected chi connectivity index (χ1v) is 18.2. The van der Waals surface area contributed by atoms with Gasteiger partial charge in [-0.05, 0) is 49.9 Å². The van der Waals surface area contributed by atoms with E-state index in [4.69, 9.17) is 14.2 Å². The number of aryl methyl sites for hydroxylation is 1. The lowest BCUT2D eigenvalue weighted by atomic mass is 9.99. The van der Waals surface area contributed by atoms with Gasteiger partial charge in [-0.2, -0.15) is 0 Å². The molecule has 2 fully saturated rings. The summed E-state index contributed by atoms with van der Waals surface area (Å²) in [5, 5.41) is 24.5. The third-order valence-electron chi connectivity index (χ3n) is 9.13. The number of imide groups is 1. The van der Waals surface area contributed by atoms with E-state index in [-0.39, 0.29) is 44.3 Å². The van der Waals surface area contributed by atoms with E-state index >= 15 is 0 Å². The molecule has 0 saturated carbocycles. The molecule has 0 bridgehead atoms. The number of hydrogen-bond donors (Lipinski definition) is 2. The molecule has 3 amide bonds. The predicted molar refractivity (Wildman–Crippen MR) is 194 cm³/mol. The highest BCUT2D eigenvalue weighted by Crippen LogP contribution is 2.39. The molecule has 272 valence electrons. The second-order valence-corrected chi connectivity index (χ2v) is 13.8. The van der Waals surface area contributed by atoms with Crippen LogP contribution in [-0.4, -0.2) is 66.0 Å². The van der Waals surface area contributed by atoms with Crippen LogP contribution in [-0.2, 0) is 50.6 Å². The SMILES string of the molecule is Cn1nnnc1SC[C@H]1C[C@@H](c2ccc(CO)cc2)O[C@@H](c2ccc(-c3cccc(CN4C(=O)CC(NC(=O)OCc5ccccc5)C4=O)c3)cc2)O1. The van der Waals surface area contributed by atoms with Crippen LogP contribution in [0.2, 0.25) is 0 Å². The maximum atomic E-state index is 13.1. The number of thioether (sulfide) groups is 1. The molecule has 1 aromatic heterocycles. The van der Waals surface area contributed by atoms with E-state index in [2.05, 4.69) is 20.8 Å². The number of hydrogen-bond acceptors (Lipinski definition) is 11. The third-order valence-corrected chi connectivity index (χ3v) is 10.3. The molecule has 0 spiro atoms. The summed E-state index contributed by atoms with van der Waals surface area (Å²) >= 11 is 1.52. The summed E-state index contributed by atoms with van der Waals surface area (Å²) in [5.41, 5.74) is 6.11. The first-order chi connectivity index (χ1) is 25.8. The predicted octanol–water partition coefficient (Wildman–Crippen LogP) is 5.26. The van der Waals surface area contributed by atoms with Crippen molar-refractivity contribution in [1.82, 2.24) is 30.4 Å². The average molecular weight is 735 g/mol. The number of ether oxygens (including phenoxy) is 3. The van der Waals surface area contributed by atoms with E-state index < -0.39 is 24.3 Å². The lowest BCUT2D eigenvalue weighted by molar-refractivity contribution is -0.245. The van der Waals surface area contributed by atoms with Gasteiger partial charge in [0.15, 0.2) is 6.29 Å². The number of benzene rings is 4. The number of aromatic nitrogens is 4. The van der Waals surface area contributed by atoms with E-state index in [0.717, 1.165) is 38.9 Å². The molecule has 3 heterocycles. The molecule has 53 heavy (non-hydrogen) atoms. The molecule has 2 aliphatic rings. The zero-order valence-electron chi connectivity index (χ0n) is 28.9. The highest BCUT2D eigenvalue weighted by Gasteiger charge is 2.40. The fourth-order valence-electron chi connectivity index (χ4n) is 6.27. The number of nitrogens with one attached hydrogen (secondary N) is 1. The Kier molecular flexibility index (Phi) is 11.2. The fraction of sp³-hybridized carbons (Fsp3) is 0.282. The second-order valence-electron chi connectivity index (χ2n) is 12.8. The summed E-state index contributed by atoms with van der Waals surface area (Å²) in [4.78, 5) is 39.5. The Bertz CT molecular complexity index is 2040. The average Bonchev–Trinajstić information content (AvgIpc) is 3.73. The second kappa shape index (κ2) is 16.5. The summed E-state index contributed by atoms with van der Waals surface area (Å²) in [7, 11) is 1.80. The molecule has 2 aliphatic heterocycles. The Hall–Kier alpha value is -5.41. The summed E-state index contributed by atoms with van der Waals surface area (Å²) < 4.78 is 19.8. The maximum Gasteiger partial charge on any atom is 0.408 e. The van der Waals surface area contributed by atoms with Crippen LogP contribution >= 0.6 is 11.8 Å². The Morgan fingerprint density at radius 3 is 2.40 bits per heavy atom. The van der Waals surface area contributed by atoms with Crippen molar-refractivity contribution in [3.63, 3.8) is 0 Å². The van der Waals surface area contributed by atoms with Gasteiger partial charge < -0.3 is 24.6 Å². The lowest BCUT2D eigenvalue weighted by Gasteiger charge is -2.36. The standard InChI is InChI=1S/C39H38N6O7S/c1-44-38(41-42-43-44)53-24-32-19-34(29-12-10-25(22-46)11-13-29)52-37(51-32)30-16-14-28(15-17-30)31-9-5-8-27(18-31)21-45-35(47)20-33(36(45)48)40-39(49)50-23-26-6-3-2-4-7-26/h2-18,32-34,37,46H,19-24H2,1H3,(H,40,49)/t32-,33?,34+,37+/m1/s1. The first-order valence-electron chi connectivity index (χ1n) is 17.2. The number of tetrazole rings is 1. The number of carbonyl (C=O) groups is 3. The van der Waals surface area contributed by atoms with Gasteiger partial charge >= 0.3 is 6.09 Å². The van der Waals surface area contributed by atoms with Crippen LogP contribution in [0.3, 0.4) is 0 Å². The minimum Gasteiger partial charge on any atom is -0.445 e. The quantitative estimate of drug-likeness (QED) is 0.127. The Morgan fingerprint density at radius 2 is 1.66 bits per heavy atom. The van der Waals surface area contributed by atoms with Crippen molar-refractivity contribution in [3.05, 3.63) is 131 Å². The van der Waals surface area contributed by atoms with Crippen molar-refractivity contribution < 1.29 is 33.7 Å². The van der Waals surface area contributed by atoms with E-state index in [1.54, 1.807) is 11.7 Å². The van der Waals surface area contributed by atoms with Gasteiger partial charge in [0, 0.05) is 24.8 Å². The molecule has 0 aliphatic carbocycles. The van der Waals surface area contributed by atoms with Crippen LogP contribution in [0.5, 0.6) is 0 Å². The molecule has 1 unspecified atom stereocenters. The highest BCUT2D eigenvalue weighted by atomic mass is 32.2. The van der Waals surface area contributed by atoms with Gasteiger partial charge in [0.25, 0.3) is 5.91 Å². The van der Waals surface area contributed by atoms with E-state index in [1.807, 2.05) is 103 Å². The van der Waals surface area contributed by atoms with E-state index in [1.165, 1.54) is 16.7 Å². The van der Waals surface area contributed by atoms with Crippen LogP contribution in [0.4, 0.5) is 4.79 Å². The fourth-order valence-corrected chi connectivity index (χ4v) is 7.13. The summed E-state index contributed by atoms with van der Waals surface area (Å²) in [5.74, 6) is -0.207. The topological polar surface area (TPSA) is 158 Å². The highest BCUT2D eigenvalue weighted by molar-refractivity contribution is 7.99. The zero-order valence-corrected chi connectivity index (χ0v) is 29.7. The van der Waals surface area contributed by atoms with Gasteiger partial charge in [-0.25, -0.2) is 9.48 Å². The molecule has 5 aromatic rings. The van der Waals surface area contributed by atoms with Crippen molar-refractivity contribution in [2.75, 3.05) is 5.75 Å². The number of aliphatic hydroxyl groups is 1. The Balaban J connectivity index is 1.000. The molecule has 14 heteroatoms. The summed E-state index contributed by atoms with van der Waals surface area (Å²) in [6.45, 7) is 0.108. The van der Waals surface area contributed by atoms with Crippen LogP contribution in [0.25, 0.3) is 11.1 Å². The summed E-state index contributed by atoms with van der Waals surface area (Å²) in [6, 6.07) is 31.6. The smallest absolute Gasteiger partial charge is 0.408 e. The molecule has 2 N–H and O–H groups in total. The maximum absolute atomic E-state index is 13.1. The van der Waals surface area contributed by atoms with E-state index in [9.17, 15) is 19.5 Å². The van der Waals surface area contributed by atoms with Crippen LogP contribution in [0, 0.1) is 0 Å². The Morgan fingerprint density at radius 1 is 0.906 bits per heavy atom. The van der Waals surface area contributed by atoms with Gasteiger partial charge in [-0.15, -0.1) is 5.10 Å². The number of alkyl carbamates (subject to hydrolysis) is 1. The van der Waals surface area contributed by atoms with Gasteiger partial charge in [-0.1, -0.05) is 109 Å². The third kappa shape index (κ3) is 8.80. The van der Waals surface area contributed by atoms with Crippen LogP contribution in [0.1, 0.15) is 53.1 Å².